The van der Waals surface area contributed by atoms with Gasteiger partial charge in [0.15, 0.2) is 0 Å². The predicted molar refractivity (Wildman–Crippen MR) is 59.5 cm³/mol. The molecule has 10 heteroatoms. The molecule has 0 atom stereocenters. The van der Waals surface area contributed by atoms with Crippen molar-refractivity contribution in [2.45, 2.75) is 10.4 Å². The summed E-state index contributed by atoms with van der Waals surface area (Å²) in [6.45, 7) is 0. The minimum absolute atomic E-state index is 0.280. The summed E-state index contributed by atoms with van der Waals surface area (Å²) in [5, 5.41) is 8.83. The number of fused-ring (bicyclic) bond motifs is 1. The molecule has 2 aromatic rings. The van der Waals surface area contributed by atoms with Gasteiger partial charge in [-0.3, -0.25) is 0 Å². The summed E-state index contributed by atoms with van der Waals surface area (Å²) in [6.07, 6.45) is 0.751. The van der Waals surface area contributed by atoms with E-state index in [-0.39, 0.29) is 10.4 Å². The second-order valence-corrected chi connectivity index (χ2v) is 5.79. The summed E-state index contributed by atoms with van der Waals surface area (Å²) in [5.74, 6) is -0.661. The molecule has 2 rings (SSSR count). The molecule has 0 saturated heterocycles. The summed E-state index contributed by atoms with van der Waals surface area (Å²) in [5.41, 5.74) is -6.04. The third kappa shape index (κ3) is 2.19. The van der Waals surface area contributed by atoms with Crippen molar-refractivity contribution in [1.29, 1.82) is 0 Å². The van der Waals surface area contributed by atoms with E-state index in [0.717, 1.165) is 12.4 Å². The lowest BCUT2D eigenvalue weighted by Gasteiger charge is -2.10. The Morgan fingerprint density at radius 2 is 1.84 bits per heavy atom. The summed E-state index contributed by atoms with van der Waals surface area (Å²) >= 11 is 5.55. The van der Waals surface area contributed by atoms with Crippen molar-refractivity contribution in [3.05, 3.63) is 23.5 Å². The van der Waals surface area contributed by atoms with Crippen molar-refractivity contribution in [3.63, 3.8) is 0 Å². The van der Waals surface area contributed by atoms with Gasteiger partial charge in [-0.25, -0.2) is 18.4 Å². The van der Waals surface area contributed by atoms with E-state index in [1.807, 2.05) is 0 Å². The van der Waals surface area contributed by atoms with Crippen LogP contribution in [0.25, 0.3) is 10.9 Å². The first-order valence-corrected chi connectivity index (χ1v) is 6.45. The summed E-state index contributed by atoms with van der Waals surface area (Å²) in [7, 11) is -5.63. The largest absolute Gasteiger partial charge is 0.501 e. The summed E-state index contributed by atoms with van der Waals surface area (Å²) in [6, 6.07) is 1.70. The molecule has 5 nitrogen and oxygen atoms in total. The van der Waals surface area contributed by atoms with E-state index in [1.165, 1.54) is 0 Å². The highest BCUT2D eigenvalue weighted by Gasteiger charge is 2.48. The number of sulfone groups is 1. The molecule has 0 aliphatic rings. The fourth-order valence-electron chi connectivity index (χ4n) is 1.42. The highest BCUT2D eigenvalue weighted by Crippen LogP contribution is 2.36. The maximum atomic E-state index is 12.5. The number of hydrogen-bond donors (Lipinski definition) is 1. The van der Waals surface area contributed by atoms with Gasteiger partial charge in [0, 0.05) is 5.02 Å². The van der Waals surface area contributed by atoms with Crippen LogP contribution in [0.2, 0.25) is 5.02 Å². The van der Waals surface area contributed by atoms with E-state index in [4.69, 9.17) is 11.6 Å². The fraction of sp³-hybridized carbons (Fsp3) is 0.111. The molecule has 1 aromatic carbocycles. The molecule has 1 N–H and O–H groups in total. The number of hydrogen-bond acceptors (Lipinski definition) is 5. The van der Waals surface area contributed by atoms with Crippen LogP contribution in [-0.2, 0) is 9.84 Å². The van der Waals surface area contributed by atoms with Gasteiger partial charge >= 0.3 is 5.51 Å². The average Bonchev–Trinajstić information content (AvgIpc) is 2.28. The van der Waals surface area contributed by atoms with Gasteiger partial charge in [-0.2, -0.15) is 13.2 Å². The maximum absolute atomic E-state index is 12.5. The number of halogens is 4. The van der Waals surface area contributed by atoms with E-state index in [1.54, 1.807) is 0 Å². The molecule has 0 amide bonds. The zero-order valence-electron chi connectivity index (χ0n) is 8.81. The summed E-state index contributed by atoms with van der Waals surface area (Å²) in [4.78, 5) is 5.67. The molecule has 0 aliphatic carbocycles. The van der Waals surface area contributed by atoms with Crippen molar-refractivity contribution >= 4 is 32.3 Å². The summed E-state index contributed by atoms with van der Waals surface area (Å²) < 4.78 is 60.4. The Morgan fingerprint density at radius 3 is 2.42 bits per heavy atom. The first-order valence-electron chi connectivity index (χ1n) is 4.59. The molecule has 0 fully saturated rings. The van der Waals surface area contributed by atoms with Crippen LogP contribution in [0, 0.1) is 0 Å². The highest BCUT2D eigenvalue weighted by atomic mass is 35.5. The van der Waals surface area contributed by atoms with Gasteiger partial charge < -0.3 is 5.11 Å². The van der Waals surface area contributed by atoms with Crippen molar-refractivity contribution in [1.82, 2.24) is 9.97 Å². The second-order valence-electron chi connectivity index (χ2n) is 3.45. The molecular formula is C9H4ClF3N2O3S. The lowest BCUT2D eigenvalue weighted by Crippen LogP contribution is -2.23. The van der Waals surface area contributed by atoms with Crippen molar-refractivity contribution in [2.24, 2.45) is 0 Å². The number of aromatic nitrogens is 2. The van der Waals surface area contributed by atoms with Gasteiger partial charge in [-0.1, -0.05) is 11.6 Å². The Balaban J connectivity index is 2.93. The Morgan fingerprint density at radius 1 is 1.21 bits per heavy atom. The number of alkyl halides is 3. The van der Waals surface area contributed by atoms with Crippen molar-refractivity contribution in [3.8, 4) is 5.88 Å². The predicted octanol–water partition coefficient (Wildman–Crippen LogP) is 2.28. The molecule has 102 valence electrons. The minimum Gasteiger partial charge on any atom is -0.493 e. The van der Waals surface area contributed by atoms with Gasteiger partial charge in [0.25, 0.3) is 9.84 Å². The molecule has 0 radical (unpaired) electrons. The van der Waals surface area contributed by atoms with Crippen LogP contribution in [0.3, 0.4) is 0 Å². The van der Waals surface area contributed by atoms with Crippen LogP contribution >= 0.6 is 11.6 Å². The molecule has 1 aromatic heterocycles. The molecule has 19 heavy (non-hydrogen) atoms. The second kappa shape index (κ2) is 4.20. The number of benzene rings is 1. The monoisotopic (exact) mass is 312 g/mol. The lowest BCUT2D eigenvalue weighted by atomic mass is 10.2. The Labute approximate surface area is 109 Å². The maximum Gasteiger partial charge on any atom is 0.501 e. The number of aromatic hydroxyl groups is 1. The topological polar surface area (TPSA) is 80.2 Å². The lowest BCUT2D eigenvalue weighted by molar-refractivity contribution is -0.0435. The standard InChI is InChI=1S/C9H4ClF3N2O3S/c10-4-1-5-7(14-3-15-8(5)16)6(2-4)19(17,18)9(11,12)13/h1-3H,(H,14,15,16). The van der Waals surface area contributed by atoms with Gasteiger partial charge in [0.05, 0.1) is 10.9 Å². The zero-order chi connectivity index (χ0) is 14.4. The number of nitrogens with zero attached hydrogens (tertiary/aromatic N) is 2. The molecule has 1 heterocycles. The van der Waals surface area contributed by atoms with E-state index >= 15 is 0 Å². The van der Waals surface area contributed by atoms with Crippen LogP contribution in [0.15, 0.2) is 23.4 Å². The van der Waals surface area contributed by atoms with Crippen LogP contribution in [0.1, 0.15) is 0 Å². The Kier molecular flexibility index (Phi) is 3.06. The minimum atomic E-state index is -5.63. The van der Waals surface area contributed by atoms with Gasteiger partial charge in [0.2, 0.25) is 5.88 Å². The molecular weight excluding hydrogens is 309 g/mol. The van der Waals surface area contributed by atoms with E-state index in [9.17, 15) is 26.7 Å². The average molecular weight is 313 g/mol. The van der Waals surface area contributed by atoms with Crippen LogP contribution in [0.4, 0.5) is 13.2 Å². The first kappa shape index (κ1) is 13.8. The third-order valence-corrected chi connectivity index (χ3v) is 3.96. The van der Waals surface area contributed by atoms with Crippen LogP contribution in [0.5, 0.6) is 5.88 Å². The molecule has 0 unspecified atom stereocenters. The quantitative estimate of drug-likeness (QED) is 0.874. The molecule has 0 spiro atoms. The van der Waals surface area contributed by atoms with Gasteiger partial charge in [0.1, 0.15) is 11.2 Å². The molecule has 0 saturated carbocycles. The van der Waals surface area contributed by atoms with Gasteiger partial charge in [-0.05, 0) is 12.1 Å². The van der Waals surface area contributed by atoms with Crippen molar-refractivity contribution < 1.29 is 26.7 Å². The Bertz CT molecular complexity index is 761. The first-order chi connectivity index (χ1) is 8.64. The van der Waals surface area contributed by atoms with Gasteiger partial charge in [-0.15, -0.1) is 0 Å². The molecule has 0 aliphatic heterocycles. The van der Waals surface area contributed by atoms with E-state index in [2.05, 4.69) is 9.97 Å². The van der Waals surface area contributed by atoms with Crippen LogP contribution in [-0.4, -0.2) is 29.0 Å². The molecule has 0 bridgehead atoms. The third-order valence-electron chi connectivity index (χ3n) is 2.24. The Hall–Kier alpha value is -1.61. The number of rotatable bonds is 1. The normalized spacial score (nSPS) is 12.8. The zero-order valence-corrected chi connectivity index (χ0v) is 10.4. The highest BCUT2D eigenvalue weighted by molar-refractivity contribution is 7.92. The van der Waals surface area contributed by atoms with E-state index < -0.39 is 31.6 Å². The van der Waals surface area contributed by atoms with Crippen molar-refractivity contribution in [2.75, 3.05) is 0 Å². The van der Waals surface area contributed by atoms with E-state index in [0.29, 0.717) is 6.07 Å². The smallest absolute Gasteiger partial charge is 0.493 e. The SMILES string of the molecule is O=S(=O)(c1cc(Cl)cc2c(O)ncnc12)C(F)(F)F. The fourth-order valence-corrected chi connectivity index (χ4v) is 2.65. The van der Waals surface area contributed by atoms with Crippen LogP contribution < -0.4 is 0 Å².